The molecule has 2 aromatic carbocycles. The number of hydrogen-bond acceptors (Lipinski definition) is 7. The predicted octanol–water partition coefficient (Wildman–Crippen LogP) is 2.44. The second-order valence-electron chi connectivity index (χ2n) is 6.23. The predicted molar refractivity (Wildman–Crippen MR) is 115 cm³/mol. The van der Waals surface area contributed by atoms with Crippen LogP contribution in [0, 0.1) is 11.3 Å². The van der Waals surface area contributed by atoms with Crippen molar-refractivity contribution in [3.8, 4) is 29.1 Å². The van der Waals surface area contributed by atoms with Gasteiger partial charge in [-0.15, -0.1) is 10.2 Å². The van der Waals surface area contributed by atoms with Gasteiger partial charge in [-0.05, 0) is 24.3 Å². The molecule has 0 aliphatic rings. The Hall–Kier alpha value is -4.20. The molecule has 0 aliphatic heterocycles. The largest absolute Gasteiger partial charge is 0.434 e. The Kier molecular flexibility index (Phi) is 5.59. The molecular weight excluding hydrogens is 459 g/mol. The molecule has 0 spiro atoms. The van der Waals surface area contributed by atoms with E-state index in [9.17, 15) is 14.4 Å². The third kappa shape index (κ3) is 4.02. The van der Waals surface area contributed by atoms with Crippen LogP contribution in [0.4, 0.5) is 0 Å². The first-order valence-electron chi connectivity index (χ1n) is 8.84. The number of aromatic nitrogens is 5. The van der Waals surface area contributed by atoms with E-state index in [2.05, 4.69) is 10.2 Å². The van der Waals surface area contributed by atoms with Crippen LogP contribution in [0.15, 0.2) is 69.0 Å². The molecule has 4 aromatic rings. The third-order valence-electron chi connectivity index (χ3n) is 4.14. The van der Waals surface area contributed by atoms with Crippen LogP contribution < -0.4 is 21.5 Å². The summed E-state index contributed by atoms with van der Waals surface area (Å²) in [6, 6.07) is 15.6. The van der Waals surface area contributed by atoms with E-state index in [0.29, 0.717) is 5.69 Å². The first kappa shape index (κ1) is 21.0. The van der Waals surface area contributed by atoms with Crippen LogP contribution in [0.3, 0.4) is 0 Å². The highest BCUT2D eigenvalue weighted by Crippen LogP contribution is 2.37. The highest BCUT2D eigenvalue weighted by atomic mass is 35.5. The number of H-pyrrole nitrogens is 1. The fraction of sp³-hybridized carbons (Fsp3) is 0. The van der Waals surface area contributed by atoms with E-state index >= 15 is 0 Å². The van der Waals surface area contributed by atoms with Crippen molar-refractivity contribution in [3.05, 3.63) is 102 Å². The second kappa shape index (κ2) is 8.50. The minimum atomic E-state index is -0.912. The number of para-hydroxylation sites is 1. The summed E-state index contributed by atoms with van der Waals surface area (Å²) in [4.78, 5) is 37.8. The van der Waals surface area contributed by atoms with E-state index in [0.717, 1.165) is 9.36 Å². The zero-order valence-electron chi connectivity index (χ0n) is 15.8. The Balaban J connectivity index is 1.74. The minimum Gasteiger partial charge on any atom is -0.434 e. The number of ether oxygens (including phenoxy) is 1. The van der Waals surface area contributed by atoms with Crippen LogP contribution in [0.5, 0.6) is 11.6 Å². The molecule has 0 saturated heterocycles. The molecular formula is C20H10Cl2N6O4. The van der Waals surface area contributed by atoms with Gasteiger partial charge in [-0.3, -0.25) is 14.6 Å². The fourth-order valence-electron chi connectivity index (χ4n) is 2.72. The molecule has 32 heavy (non-hydrogen) atoms. The average molecular weight is 469 g/mol. The number of rotatable bonds is 4. The van der Waals surface area contributed by atoms with Gasteiger partial charge in [0, 0.05) is 12.1 Å². The molecule has 2 heterocycles. The average Bonchev–Trinajstić information content (AvgIpc) is 2.78. The van der Waals surface area contributed by atoms with Crippen LogP contribution in [-0.2, 0) is 0 Å². The van der Waals surface area contributed by atoms with Gasteiger partial charge < -0.3 is 4.74 Å². The maximum absolute atomic E-state index is 12.2. The highest BCUT2D eigenvalue weighted by Gasteiger charge is 2.16. The van der Waals surface area contributed by atoms with Gasteiger partial charge in [0.2, 0.25) is 11.6 Å². The zero-order valence-corrected chi connectivity index (χ0v) is 17.3. The molecule has 0 atom stereocenters. The summed E-state index contributed by atoms with van der Waals surface area (Å²) < 4.78 is 7.61. The molecule has 12 heteroatoms. The first-order valence-corrected chi connectivity index (χ1v) is 9.60. The van der Waals surface area contributed by atoms with Crippen molar-refractivity contribution in [1.82, 2.24) is 24.5 Å². The molecule has 0 bridgehead atoms. The van der Waals surface area contributed by atoms with Gasteiger partial charge in [-0.25, -0.2) is 4.79 Å². The summed E-state index contributed by atoms with van der Waals surface area (Å²) in [6.45, 7) is 0. The van der Waals surface area contributed by atoms with E-state index in [1.807, 2.05) is 4.98 Å². The van der Waals surface area contributed by atoms with Crippen LogP contribution >= 0.6 is 23.2 Å². The zero-order chi connectivity index (χ0) is 22.8. The number of benzene rings is 2. The maximum atomic E-state index is 12.2. The topological polar surface area (TPSA) is 136 Å². The third-order valence-corrected chi connectivity index (χ3v) is 4.71. The molecule has 0 radical (unpaired) electrons. The standard InChI is InChI=1S/C20H10Cl2N6O4/c21-13-8-12(28-20(31)24-19(30)15(10-23)25-28)9-14(22)18(13)32-16-6-7-17(29)27(26-16)11-4-2-1-3-5-11/h1-9H,(H,24,30,31). The number of halogens is 2. The van der Waals surface area contributed by atoms with E-state index in [1.54, 1.807) is 36.4 Å². The molecule has 158 valence electrons. The molecule has 1 N–H and O–H groups in total. The lowest BCUT2D eigenvalue weighted by Gasteiger charge is -2.12. The molecule has 10 nitrogen and oxygen atoms in total. The Morgan fingerprint density at radius 3 is 2.25 bits per heavy atom. The van der Waals surface area contributed by atoms with Gasteiger partial charge in [0.1, 0.15) is 6.07 Å². The Bertz CT molecular complexity index is 1530. The van der Waals surface area contributed by atoms with Gasteiger partial charge in [0.05, 0.1) is 21.4 Å². The number of nitriles is 1. The summed E-state index contributed by atoms with van der Waals surface area (Å²) in [7, 11) is 0. The van der Waals surface area contributed by atoms with Crippen LogP contribution in [0.1, 0.15) is 5.69 Å². The van der Waals surface area contributed by atoms with Crippen molar-refractivity contribution in [2.24, 2.45) is 0 Å². The number of nitrogens with zero attached hydrogens (tertiary/aromatic N) is 5. The molecule has 0 aliphatic carbocycles. The smallest absolute Gasteiger partial charge is 0.349 e. The van der Waals surface area contributed by atoms with Crippen molar-refractivity contribution in [1.29, 1.82) is 5.26 Å². The summed E-state index contributed by atoms with van der Waals surface area (Å²) in [5.41, 5.74) is -2.05. The van der Waals surface area contributed by atoms with Crippen LogP contribution in [-0.4, -0.2) is 24.5 Å². The van der Waals surface area contributed by atoms with Crippen molar-refractivity contribution in [3.63, 3.8) is 0 Å². The van der Waals surface area contributed by atoms with Crippen molar-refractivity contribution in [2.75, 3.05) is 0 Å². The van der Waals surface area contributed by atoms with Gasteiger partial charge in [-0.1, -0.05) is 41.4 Å². The first-order chi connectivity index (χ1) is 15.4. The Labute approximate surface area is 188 Å². The molecule has 0 fully saturated rings. The van der Waals surface area contributed by atoms with E-state index in [1.165, 1.54) is 24.3 Å². The maximum Gasteiger partial charge on any atom is 0.349 e. The minimum absolute atomic E-state index is 0.00910. The number of nitrogens with one attached hydrogen (secondary N) is 1. The molecule has 0 amide bonds. The summed E-state index contributed by atoms with van der Waals surface area (Å²) in [5, 5.41) is 16.8. The molecule has 4 rings (SSSR count). The normalized spacial score (nSPS) is 10.5. The monoisotopic (exact) mass is 468 g/mol. The SMILES string of the molecule is N#Cc1nn(-c2cc(Cl)c(Oc3ccc(=O)n(-c4ccccc4)n3)c(Cl)c2)c(=O)[nH]c1=O. The van der Waals surface area contributed by atoms with Crippen molar-refractivity contribution >= 4 is 23.2 Å². The highest BCUT2D eigenvalue weighted by molar-refractivity contribution is 6.37. The van der Waals surface area contributed by atoms with Crippen molar-refractivity contribution < 1.29 is 4.74 Å². The van der Waals surface area contributed by atoms with E-state index < -0.39 is 16.9 Å². The quantitative estimate of drug-likeness (QED) is 0.485. The molecule has 0 unspecified atom stereocenters. The number of hydrogen-bond donors (Lipinski definition) is 1. The Morgan fingerprint density at radius 2 is 1.59 bits per heavy atom. The van der Waals surface area contributed by atoms with Crippen molar-refractivity contribution in [2.45, 2.75) is 0 Å². The Morgan fingerprint density at radius 1 is 0.906 bits per heavy atom. The van der Waals surface area contributed by atoms with Gasteiger partial charge in [0.15, 0.2) is 5.75 Å². The summed E-state index contributed by atoms with van der Waals surface area (Å²) >= 11 is 12.6. The molecule has 0 saturated carbocycles. The van der Waals surface area contributed by atoms with E-state index in [-0.39, 0.29) is 32.9 Å². The van der Waals surface area contributed by atoms with Gasteiger partial charge >= 0.3 is 5.69 Å². The van der Waals surface area contributed by atoms with E-state index in [4.69, 9.17) is 33.2 Å². The van der Waals surface area contributed by atoms with Gasteiger partial charge in [0.25, 0.3) is 11.1 Å². The molecule has 2 aromatic heterocycles. The summed E-state index contributed by atoms with van der Waals surface area (Å²) in [5.74, 6) is 0.0527. The van der Waals surface area contributed by atoms with Crippen LogP contribution in [0.2, 0.25) is 10.0 Å². The van der Waals surface area contributed by atoms with Crippen LogP contribution in [0.25, 0.3) is 11.4 Å². The lowest BCUT2D eigenvalue weighted by atomic mass is 10.3. The lowest BCUT2D eigenvalue weighted by Crippen LogP contribution is -2.33. The number of aromatic amines is 1. The fourth-order valence-corrected chi connectivity index (χ4v) is 3.27. The van der Waals surface area contributed by atoms with Gasteiger partial charge in [-0.2, -0.15) is 14.6 Å². The summed E-state index contributed by atoms with van der Waals surface area (Å²) in [6.07, 6.45) is 0. The lowest BCUT2D eigenvalue weighted by molar-refractivity contribution is 0.447. The second-order valence-corrected chi connectivity index (χ2v) is 7.04.